The molecule has 2 rings (SSSR count). The molecule has 0 spiro atoms. The zero-order valence-corrected chi connectivity index (χ0v) is 30.0. The molecular weight excluding hydrogens is 657 g/mol. The van der Waals surface area contributed by atoms with Crippen molar-refractivity contribution < 1.29 is 45.6 Å². The number of sulfonamides is 1. The van der Waals surface area contributed by atoms with Crippen molar-refractivity contribution in [3.63, 3.8) is 0 Å². The molecule has 2 unspecified atom stereocenters. The van der Waals surface area contributed by atoms with Gasteiger partial charge in [0.2, 0.25) is 27.6 Å². The molecule has 5 atom stereocenters. The normalized spacial score (nSPS) is 21.8. The van der Waals surface area contributed by atoms with Crippen molar-refractivity contribution in [1.29, 1.82) is 0 Å². The fourth-order valence-electron chi connectivity index (χ4n) is 5.55. The highest BCUT2D eigenvalue weighted by atomic mass is 32.2. The van der Waals surface area contributed by atoms with Crippen molar-refractivity contribution in [3.8, 4) is 0 Å². The lowest BCUT2D eigenvalue weighted by molar-refractivity contribution is -0.147. The number of rotatable bonds is 12. The first-order chi connectivity index (χ1) is 21.8. The predicted octanol–water partition coefficient (Wildman–Crippen LogP) is 2.29. The molecule has 1 saturated heterocycles. The lowest BCUT2D eigenvalue weighted by Crippen LogP contribution is -2.62. The molecule has 4 N–H and O–H groups in total. The van der Waals surface area contributed by atoms with Crippen LogP contribution in [0.5, 0.6) is 0 Å². The van der Waals surface area contributed by atoms with E-state index in [1.807, 2.05) is 20.8 Å². The Balaban J connectivity index is 2.36. The van der Waals surface area contributed by atoms with Crippen LogP contribution in [0, 0.1) is 22.7 Å². The Kier molecular flexibility index (Phi) is 13.3. The Morgan fingerprint density at radius 2 is 1.54 bits per heavy atom. The van der Waals surface area contributed by atoms with Gasteiger partial charge >= 0.3 is 12.2 Å². The van der Waals surface area contributed by atoms with Gasteiger partial charge in [0.05, 0.1) is 11.8 Å². The van der Waals surface area contributed by atoms with E-state index in [0.717, 1.165) is 11.9 Å². The third-order valence-electron chi connectivity index (χ3n) is 8.55. The number of Topliss-reactive ketones (excluding diaryl/α,β-unsaturated/α-hetero) is 1. The van der Waals surface area contributed by atoms with Crippen LogP contribution in [0.2, 0.25) is 0 Å². The van der Waals surface area contributed by atoms with E-state index in [4.69, 9.17) is 0 Å². The van der Waals surface area contributed by atoms with E-state index < -0.39 is 99.5 Å². The van der Waals surface area contributed by atoms with Crippen LogP contribution in [-0.2, 0) is 29.2 Å². The first-order valence-corrected chi connectivity index (χ1v) is 17.6. The van der Waals surface area contributed by atoms with Gasteiger partial charge in [-0.15, -0.1) is 0 Å². The summed E-state index contributed by atoms with van der Waals surface area (Å²) < 4.78 is 65.5. The largest absolute Gasteiger partial charge is 0.389 e. The summed E-state index contributed by atoms with van der Waals surface area (Å²) in [5.74, 6) is -4.91. The van der Waals surface area contributed by atoms with Crippen LogP contribution in [-0.4, -0.2) is 103 Å². The van der Waals surface area contributed by atoms with Crippen LogP contribution in [0.4, 0.5) is 18.0 Å². The fraction of sp³-hybridized carbons (Fsp3) is 0.774. The Morgan fingerprint density at radius 3 is 2.00 bits per heavy atom. The van der Waals surface area contributed by atoms with Crippen LogP contribution >= 0.6 is 0 Å². The van der Waals surface area contributed by atoms with Gasteiger partial charge in [-0.3, -0.25) is 19.2 Å². The first-order valence-electron chi connectivity index (χ1n) is 16.0. The molecule has 0 aromatic carbocycles. The molecule has 17 heteroatoms. The first kappa shape index (κ1) is 41.0. The number of hydrogen-bond acceptors (Lipinski definition) is 7. The molecule has 5 amide bonds. The highest BCUT2D eigenvalue weighted by Crippen LogP contribution is 2.32. The minimum atomic E-state index is -4.66. The summed E-state index contributed by atoms with van der Waals surface area (Å²) in [6.45, 7) is 14.5. The Morgan fingerprint density at radius 1 is 0.938 bits per heavy atom. The minimum Gasteiger partial charge on any atom is -0.353 e. The number of hydrogen-bond donors (Lipinski definition) is 4. The van der Waals surface area contributed by atoms with Crippen molar-refractivity contribution in [1.82, 2.24) is 30.5 Å². The van der Waals surface area contributed by atoms with Gasteiger partial charge in [0.1, 0.15) is 12.1 Å². The molecule has 274 valence electrons. The van der Waals surface area contributed by atoms with E-state index in [0.29, 0.717) is 13.0 Å². The summed E-state index contributed by atoms with van der Waals surface area (Å²) in [5, 5.41) is 9.86. The smallest absolute Gasteiger partial charge is 0.353 e. The van der Waals surface area contributed by atoms with Crippen molar-refractivity contribution in [3.05, 3.63) is 12.3 Å². The maximum Gasteiger partial charge on any atom is 0.389 e. The molecule has 0 radical (unpaired) electrons. The van der Waals surface area contributed by atoms with E-state index in [2.05, 4.69) is 21.3 Å². The summed E-state index contributed by atoms with van der Waals surface area (Å²) >= 11 is 0. The number of alkyl halides is 3. The van der Waals surface area contributed by atoms with Crippen LogP contribution in [0.25, 0.3) is 0 Å². The van der Waals surface area contributed by atoms with Crippen molar-refractivity contribution >= 4 is 39.6 Å². The highest BCUT2D eigenvalue weighted by Gasteiger charge is 2.46. The van der Waals surface area contributed by atoms with E-state index in [1.165, 1.54) is 10.5 Å². The van der Waals surface area contributed by atoms with Crippen LogP contribution in [0.1, 0.15) is 74.7 Å². The lowest BCUT2D eigenvalue weighted by Gasteiger charge is -2.38. The maximum absolute atomic E-state index is 14.2. The number of halogens is 3. The molecule has 0 saturated carbocycles. The molecule has 0 bridgehead atoms. The number of nitrogens with one attached hydrogen (secondary N) is 4. The molecule has 2 aliphatic heterocycles. The van der Waals surface area contributed by atoms with E-state index in [9.17, 15) is 45.6 Å². The summed E-state index contributed by atoms with van der Waals surface area (Å²) in [4.78, 5) is 67.1. The van der Waals surface area contributed by atoms with Crippen molar-refractivity contribution in [2.24, 2.45) is 22.7 Å². The second-order valence-corrected chi connectivity index (χ2v) is 17.0. The number of amides is 5. The molecule has 48 heavy (non-hydrogen) atoms. The number of carbonyl (C=O) groups is 5. The topological polar surface area (TPSA) is 174 Å². The maximum atomic E-state index is 14.2. The summed E-state index contributed by atoms with van der Waals surface area (Å²) in [6, 6.07) is -5.72. The van der Waals surface area contributed by atoms with Crippen LogP contribution in [0.15, 0.2) is 12.3 Å². The minimum absolute atomic E-state index is 0.0230. The number of nitrogens with zero attached hydrogens (tertiary/aromatic N) is 2. The molecule has 0 aliphatic carbocycles. The number of urea groups is 1. The van der Waals surface area contributed by atoms with Gasteiger partial charge < -0.3 is 26.2 Å². The van der Waals surface area contributed by atoms with Gasteiger partial charge in [-0.2, -0.15) is 17.5 Å². The van der Waals surface area contributed by atoms with Crippen LogP contribution in [0.3, 0.4) is 0 Å². The lowest BCUT2D eigenvalue weighted by atomic mass is 9.84. The Labute approximate surface area is 281 Å². The Bertz CT molecular complexity index is 1360. The van der Waals surface area contributed by atoms with Crippen molar-refractivity contribution in [2.45, 2.75) is 105 Å². The third-order valence-corrected chi connectivity index (χ3v) is 10.5. The van der Waals surface area contributed by atoms with Gasteiger partial charge in [0.25, 0.3) is 5.91 Å². The van der Waals surface area contributed by atoms with Crippen molar-refractivity contribution in [2.75, 3.05) is 25.9 Å². The average molecular weight is 709 g/mol. The van der Waals surface area contributed by atoms with Gasteiger partial charge in [0, 0.05) is 44.7 Å². The van der Waals surface area contributed by atoms with E-state index in [-0.39, 0.29) is 18.2 Å². The Hall–Kier alpha value is -3.21. The fourth-order valence-corrected chi connectivity index (χ4v) is 7.09. The molecule has 0 aromatic heterocycles. The molecule has 13 nitrogen and oxygen atoms in total. The quantitative estimate of drug-likeness (QED) is 0.225. The summed E-state index contributed by atoms with van der Waals surface area (Å²) in [5.41, 5.74) is -1.49. The standard InChI is InChI=1S/C31H51F3N6O7S/c1-18(2)19-12-15-40(22(19)25(42)36-20(11-13-31(32,33)34)23(41)26(43)35-9)27(44)24(30(6,7)8)38-28(45)37-21(29(3,4)5)17-39-14-10-16-48(39,46)47/h12,15,18-22,24H,10-11,13-14,16-17H2,1-9H3,(H,35,43)(H,36,42)(H2,37,38,45)/t19-,20?,21-,22+,24?/m1/s1. The monoisotopic (exact) mass is 708 g/mol. The van der Waals surface area contributed by atoms with Crippen LogP contribution < -0.4 is 21.3 Å². The van der Waals surface area contributed by atoms with Gasteiger partial charge in [-0.05, 0) is 29.6 Å². The van der Waals surface area contributed by atoms with Gasteiger partial charge in [-0.1, -0.05) is 61.5 Å². The number of ketones is 1. The second-order valence-electron chi connectivity index (χ2n) is 14.9. The van der Waals surface area contributed by atoms with E-state index >= 15 is 0 Å². The molecule has 0 aromatic rings. The average Bonchev–Trinajstić information content (AvgIpc) is 3.53. The second kappa shape index (κ2) is 15.6. The van der Waals surface area contributed by atoms with Gasteiger partial charge in [0.15, 0.2) is 0 Å². The molecular formula is C31H51F3N6O7S. The summed E-state index contributed by atoms with van der Waals surface area (Å²) in [6.07, 6.45) is -3.54. The zero-order chi connectivity index (χ0) is 37.0. The van der Waals surface area contributed by atoms with E-state index in [1.54, 1.807) is 40.7 Å². The summed E-state index contributed by atoms with van der Waals surface area (Å²) in [7, 11) is -2.32. The molecule has 2 heterocycles. The number of likely N-dealkylation sites (N-methyl/N-ethyl adjacent to an activating group) is 1. The third kappa shape index (κ3) is 10.9. The molecule has 2 aliphatic rings. The molecule has 1 fully saturated rings. The van der Waals surface area contributed by atoms with Gasteiger partial charge in [-0.25, -0.2) is 13.2 Å². The SMILES string of the molecule is CNC(=O)C(=O)C(CCC(F)(F)F)NC(=O)[C@@H]1[C@@H](C(C)C)C=CN1C(=O)C(NC(=O)N[C@H](CN1CCCS1(=O)=O)C(C)(C)C)C(C)(C)C. The predicted molar refractivity (Wildman–Crippen MR) is 173 cm³/mol. The number of carbonyl (C=O) groups excluding carboxylic acids is 5. The zero-order valence-electron chi connectivity index (χ0n) is 29.2. The highest BCUT2D eigenvalue weighted by molar-refractivity contribution is 7.89.